The monoisotopic (exact) mass is 284 g/mol. The fourth-order valence-corrected chi connectivity index (χ4v) is 3.73. The van der Waals surface area contributed by atoms with Gasteiger partial charge in [0.25, 0.3) is 5.56 Å². The average molecular weight is 284 g/mol. The summed E-state index contributed by atoms with van der Waals surface area (Å²) >= 11 is 0. The number of hydrogen-bond donors (Lipinski definition) is 2. The molecule has 0 radical (unpaired) electrons. The molecule has 2 unspecified atom stereocenters. The van der Waals surface area contributed by atoms with E-state index in [0.717, 1.165) is 36.6 Å². The van der Waals surface area contributed by atoms with Crippen molar-refractivity contribution in [2.24, 2.45) is 5.92 Å². The molecule has 2 aliphatic rings. The van der Waals surface area contributed by atoms with Gasteiger partial charge in [-0.05, 0) is 44.0 Å². The predicted octanol–water partition coefficient (Wildman–Crippen LogP) is 1.11. The Bertz CT molecular complexity index is 711. The number of benzene rings is 1. The average Bonchev–Trinajstić information content (AvgIpc) is 2.97. The fourth-order valence-electron chi connectivity index (χ4n) is 3.73. The minimum Gasteiger partial charge on any atom is -0.319 e. The number of rotatable bonds is 2. The van der Waals surface area contributed by atoms with Gasteiger partial charge in [0, 0.05) is 19.1 Å². The molecule has 2 aromatic rings. The summed E-state index contributed by atoms with van der Waals surface area (Å²) in [5.74, 6) is 0.735. The molecule has 5 nitrogen and oxygen atoms in total. The Morgan fingerprint density at radius 1 is 1.29 bits per heavy atom. The second-order valence-electron chi connectivity index (χ2n) is 6.13. The number of hydrogen-bond acceptors (Lipinski definition) is 4. The second kappa shape index (κ2) is 5.24. The maximum Gasteiger partial charge on any atom is 0.271 e. The highest BCUT2D eigenvalue weighted by Crippen LogP contribution is 2.27. The van der Waals surface area contributed by atoms with Crippen LogP contribution in [-0.4, -0.2) is 40.5 Å². The summed E-state index contributed by atoms with van der Waals surface area (Å²) in [6.07, 6.45) is 2.52. The van der Waals surface area contributed by atoms with Crippen molar-refractivity contribution in [3.63, 3.8) is 0 Å². The van der Waals surface area contributed by atoms with E-state index in [1.54, 1.807) is 0 Å². The Morgan fingerprint density at radius 3 is 3.14 bits per heavy atom. The molecular formula is C16H20N4O. The van der Waals surface area contributed by atoms with Crippen LogP contribution >= 0.6 is 0 Å². The first kappa shape index (κ1) is 13.0. The Hall–Kier alpha value is -1.72. The van der Waals surface area contributed by atoms with Crippen LogP contribution in [-0.2, 0) is 6.54 Å². The Kier molecular flexibility index (Phi) is 3.24. The minimum atomic E-state index is -0.0539. The molecule has 0 saturated carbocycles. The van der Waals surface area contributed by atoms with Gasteiger partial charge in [0.2, 0.25) is 0 Å². The van der Waals surface area contributed by atoms with Crippen LogP contribution in [0, 0.1) is 5.92 Å². The van der Waals surface area contributed by atoms with E-state index >= 15 is 0 Å². The zero-order valence-corrected chi connectivity index (χ0v) is 12.0. The van der Waals surface area contributed by atoms with E-state index in [1.807, 2.05) is 24.3 Å². The maximum atomic E-state index is 12.2. The Balaban J connectivity index is 1.64. The number of nitrogens with zero attached hydrogens (tertiary/aromatic N) is 2. The zero-order valence-electron chi connectivity index (χ0n) is 12.0. The molecule has 5 heteroatoms. The van der Waals surface area contributed by atoms with Gasteiger partial charge in [-0.2, -0.15) is 0 Å². The number of fused-ring (bicyclic) bond motifs is 2. The largest absolute Gasteiger partial charge is 0.319 e. The first-order chi connectivity index (χ1) is 10.3. The standard InChI is InChI=1S/C16H20N4O/c21-16-14(18-12-5-1-2-6-13(12)19-16)10-20-7-3-4-11-8-17-9-15(11)20/h1-2,5-6,11,15,17H,3-4,7-10H2,(H,19,21). The number of nitrogens with one attached hydrogen (secondary N) is 2. The van der Waals surface area contributed by atoms with E-state index in [2.05, 4.69) is 20.2 Å². The summed E-state index contributed by atoms with van der Waals surface area (Å²) in [7, 11) is 0. The molecule has 0 amide bonds. The van der Waals surface area contributed by atoms with E-state index in [-0.39, 0.29) is 5.56 Å². The van der Waals surface area contributed by atoms with Crippen LogP contribution in [0.5, 0.6) is 0 Å². The third kappa shape index (κ3) is 2.36. The Morgan fingerprint density at radius 2 is 2.19 bits per heavy atom. The van der Waals surface area contributed by atoms with Crippen LogP contribution in [0.4, 0.5) is 0 Å². The summed E-state index contributed by atoms with van der Waals surface area (Å²) in [5, 5.41) is 3.48. The molecule has 4 rings (SSSR count). The number of aromatic amines is 1. The van der Waals surface area contributed by atoms with Crippen molar-refractivity contribution in [2.45, 2.75) is 25.4 Å². The van der Waals surface area contributed by atoms with Crippen molar-refractivity contribution in [3.05, 3.63) is 40.3 Å². The smallest absolute Gasteiger partial charge is 0.271 e. The first-order valence-electron chi connectivity index (χ1n) is 7.74. The number of H-pyrrole nitrogens is 1. The van der Waals surface area contributed by atoms with Gasteiger partial charge in [0.1, 0.15) is 5.69 Å². The van der Waals surface area contributed by atoms with Gasteiger partial charge in [-0.1, -0.05) is 12.1 Å². The van der Waals surface area contributed by atoms with Gasteiger partial charge in [0.15, 0.2) is 0 Å². The molecule has 2 atom stereocenters. The van der Waals surface area contributed by atoms with Gasteiger partial charge in [-0.15, -0.1) is 0 Å². The minimum absolute atomic E-state index is 0.0539. The quantitative estimate of drug-likeness (QED) is 0.867. The van der Waals surface area contributed by atoms with Crippen molar-refractivity contribution in [1.82, 2.24) is 20.2 Å². The van der Waals surface area contributed by atoms with Gasteiger partial charge in [0.05, 0.1) is 11.0 Å². The van der Waals surface area contributed by atoms with Crippen molar-refractivity contribution in [3.8, 4) is 0 Å². The number of aromatic nitrogens is 2. The predicted molar refractivity (Wildman–Crippen MR) is 82.2 cm³/mol. The lowest BCUT2D eigenvalue weighted by Gasteiger charge is -2.36. The summed E-state index contributed by atoms with van der Waals surface area (Å²) in [4.78, 5) is 22.2. The molecule has 3 heterocycles. The maximum absolute atomic E-state index is 12.2. The van der Waals surface area contributed by atoms with Gasteiger partial charge >= 0.3 is 0 Å². The number of likely N-dealkylation sites (tertiary alicyclic amines) is 1. The van der Waals surface area contributed by atoms with Crippen molar-refractivity contribution < 1.29 is 0 Å². The van der Waals surface area contributed by atoms with Crippen LogP contribution in [0.25, 0.3) is 11.0 Å². The van der Waals surface area contributed by atoms with Crippen LogP contribution < -0.4 is 10.9 Å². The third-order valence-electron chi connectivity index (χ3n) is 4.82. The van der Waals surface area contributed by atoms with Crippen LogP contribution in [0.1, 0.15) is 18.5 Å². The lowest BCUT2D eigenvalue weighted by atomic mass is 9.92. The van der Waals surface area contributed by atoms with E-state index in [0.29, 0.717) is 18.3 Å². The normalized spacial score (nSPS) is 26.1. The van der Waals surface area contributed by atoms with Crippen molar-refractivity contribution >= 4 is 11.0 Å². The molecule has 0 spiro atoms. The molecule has 0 bridgehead atoms. The van der Waals surface area contributed by atoms with Crippen molar-refractivity contribution in [2.75, 3.05) is 19.6 Å². The molecule has 2 fully saturated rings. The highest BCUT2D eigenvalue weighted by atomic mass is 16.1. The second-order valence-corrected chi connectivity index (χ2v) is 6.13. The van der Waals surface area contributed by atoms with E-state index in [9.17, 15) is 4.79 Å². The van der Waals surface area contributed by atoms with Crippen LogP contribution in [0.3, 0.4) is 0 Å². The number of para-hydroxylation sites is 2. The molecule has 2 aliphatic heterocycles. The Labute approximate surface area is 123 Å². The number of piperidine rings is 1. The topological polar surface area (TPSA) is 61.0 Å². The van der Waals surface area contributed by atoms with Gasteiger partial charge in [-0.25, -0.2) is 4.98 Å². The molecule has 21 heavy (non-hydrogen) atoms. The van der Waals surface area contributed by atoms with E-state index in [4.69, 9.17) is 0 Å². The lowest BCUT2D eigenvalue weighted by Crippen LogP contribution is -2.45. The zero-order chi connectivity index (χ0) is 14.2. The fraction of sp³-hybridized carbons (Fsp3) is 0.500. The summed E-state index contributed by atoms with van der Waals surface area (Å²) in [5.41, 5.74) is 2.26. The molecule has 0 aliphatic carbocycles. The van der Waals surface area contributed by atoms with Crippen LogP contribution in [0.2, 0.25) is 0 Å². The van der Waals surface area contributed by atoms with Gasteiger partial charge in [-0.3, -0.25) is 9.69 Å². The molecule has 110 valence electrons. The highest BCUT2D eigenvalue weighted by molar-refractivity contribution is 5.73. The lowest BCUT2D eigenvalue weighted by molar-refractivity contribution is 0.115. The summed E-state index contributed by atoms with van der Waals surface area (Å²) in [6.45, 7) is 3.87. The van der Waals surface area contributed by atoms with Gasteiger partial charge < -0.3 is 10.3 Å². The SMILES string of the molecule is O=c1[nH]c2ccccc2nc1CN1CCCC2CNCC21. The first-order valence-corrected chi connectivity index (χ1v) is 7.74. The third-order valence-corrected chi connectivity index (χ3v) is 4.82. The molecule has 2 saturated heterocycles. The summed E-state index contributed by atoms with van der Waals surface area (Å²) in [6, 6.07) is 8.27. The van der Waals surface area contributed by atoms with E-state index < -0.39 is 0 Å². The van der Waals surface area contributed by atoms with Crippen molar-refractivity contribution in [1.29, 1.82) is 0 Å². The van der Waals surface area contributed by atoms with E-state index in [1.165, 1.54) is 12.8 Å². The summed E-state index contributed by atoms with van der Waals surface area (Å²) < 4.78 is 0. The molecule has 1 aromatic heterocycles. The molecular weight excluding hydrogens is 264 g/mol. The molecule has 1 aromatic carbocycles. The van der Waals surface area contributed by atoms with Crippen LogP contribution in [0.15, 0.2) is 29.1 Å². The molecule has 2 N–H and O–H groups in total. The highest BCUT2D eigenvalue weighted by Gasteiger charge is 2.35.